The zero-order chi connectivity index (χ0) is 14.8. The number of hydrogen-bond donors (Lipinski definition) is 2. The van der Waals surface area contributed by atoms with Gasteiger partial charge in [-0.2, -0.15) is 0 Å². The van der Waals surface area contributed by atoms with Gasteiger partial charge in [0.05, 0.1) is 12.6 Å². The number of carbonyl (C=O) groups excluding carboxylic acids is 1. The van der Waals surface area contributed by atoms with Gasteiger partial charge in [0, 0.05) is 19.6 Å². The molecule has 112 valence electrons. The monoisotopic (exact) mass is 278 g/mol. The van der Waals surface area contributed by atoms with Crippen molar-refractivity contribution in [1.29, 1.82) is 0 Å². The smallest absolute Gasteiger partial charge is 0.237 e. The van der Waals surface area contributed by atoms with Crippen LogP contribution in [-0.2, 0) is 11.3 Å². The van der Waals surface area contributed by atoms with E-state index in [0.717, 1.165) is 24.9 Å². The van der Waals surface area contributed by atoms with Gasteiger partial charge in [0.1, 0.15) is 0 Å². The van der Waals surface area contributed by atoms with Crippen LogP contribution in [0.2, 0.25) is 0 Å². The van der Waals surface area contributed by atoms with Crippen LogP contribution < -0.4 is 5.32 Å². The number of carbonyl (C=O) groups is 1. The van der Waals surface area contributed by atoms with Crippen LogP contribution in [0.5, 0.6) is 0 Å². The summed E-state index contributed by atoms with van der Waals surface area (Å²) in [4.78, 5) is 14.1. The minimum absolute atomic E-state index is 0.0304. The van der Waals surface area contributed by atoms with Crippen LogP contribution in [0.1, 0.15) is 32.3 Å². The Labute approximate surface area is 121 Å². The minimum Gasteiger partial charge on any atom is -0.395 e. The van der Waals surface area contributed by atoms with Gasteiger partial charge in [0.2, 0.25) is 5.91 Å². The van der Waals surface area contributed by atoms with Gasteiger partial charge in [-0.05, 0) is 18.9 Å². The van der Waals surface area contributed by atoms with Crippen LogP contribution >= 0.6 is 0 Å². The third-order valence-corrected chi connectivity index (χ3v) is 3.37. The summed E-state index contributed by atoms with van der Waals surface area (Å²) in [6, 6.07) is 9.77. The molecule has 1 aromatic rings. The molecule has 0 heterocycles. The number of hydrogen-bond acceptors (Lipinski definition) is 3. The SMILES string of the molecule is CCCCNC(=O)C(C)N(CCO)Cc1ccccc1. The van der Waals surface area contributed by atoms with Gasteiger partial charge in [0.25, 0.3) is 0 Å². The quantitative estimate of drug-likeness (QED) is 0.677. The molecule has 0 radical (unpaired) electrons. The van der Waals surface area contributed by atoms with Crippen molar-refractivity contribution in [2.24, 2.45) is 0 Å². The van der Waals surface area contributed by atoms with E-state index in [1.807, 2.05) is 42.2 Å². The second-order valence-electron chi connectivity index (χ2n) is 5.00. The fourth-order valence-electron chi connectivity index (χ4n) is 2.06. The highest BCUT2D eigenvalue weighted by atomic mass is 16.3. The number of rotatable bonds is 9. The number of aliphatic hydroxyl groups is 1. The molecule has 1 aromatic carbocycles. The second-order valence-corrected chi connectivity index (χ2v) is 5.00. The van der Waals surface area contributed by atoms with E-state index in [0.29, 0.717) is 13.1 Å². The lowest BCUT2D eigenvalue weighted by Crippen LogP contribution is -2.46. The van der Waals surface area contributed by atoms with E-state index in [4.69, 9.17) is 0 Å². The third kappa shape index (κ3) is 5.72. The van der Waals surface area contributed by atoms with Gasteiger partial charge in [-0.15, -0.1) is 0 Å². The van der Waals surface area contributed by atoms with Crippen LogP contribution in [-0.4, -0.2) is 41.7 Å². The predicted molar refractivity (Wildman–Crippen MR) is 81.3 cm³/mol. The molecule has 20 heavy (non-hydrogen) atoms. The van der Waals surface area contributed by atoms with Crippen LogP contribution in [0, 0.1) is 0 Å². The molecule has 0 aliphatic carbocycles. The molecule has 0 aromatic heterocycles. The van der Waals surface area contributed by atoms with Crippen molar-refractivity contribution in [3.8, 4) is 0 Å². The van der Waals surface area contributed by atoms with Gasteiger partial charge in [0.15, 0.2) is 0 Å². The van der Waals surface area contributed by atoms with Crippen molar-refractivity contribution in [1.82, 2.24) is 10.2 Å². The van der Waals surface area contributed by atoms with Crippen molar-refractivity contribution in [3.63, 3.8) is 0 Å². The molecule has 2 N–H and O–H groups in total. The first-order chi connectivity index (χ1) is 9.69. The summed E-state index contributed by atoms with van der Waals surface area (Å²) in [6.07, 6.45) is 2.07. The highest BCUT2D eigenvalue weighted by molar-refractivity contribution is 5.81. The molecule has 1 atom stereocenters. The Morgan fingerprint density at radius 1 is 1.35 bits per heavy atom. The number of nitrogens with one attached hydrogen (secondary N) is 1. The van der Waals surface area contributed by atoms with Gasteiger partial charge >= 0.3 is 0 Å². The van der Waals surface area contributed by atoms with Crippen molar-refractivity contribution in [3.05, 3.63) is 35.9 Å². The van der Waals surface area contributed by atoms with Crippen LogP contribution in [0.3, 0.4) is 0 Å². The summed E-state index contributed by atoms with van der Waals surface area (Å²) in [5.74, 6) is 0.0304. The van der Waals surface area contributed by atoms with Gasteiger partial charge in [-0.1, -0.05) is 43.7 Å². The fraction of sp³-hybridized carbons (Fsp3) is 0.562. The summed E-state index contributed by atoms with van der Waals surface area (Å²) in [5.41, 5.74) is 1.15. The first kappa shape index (κ1) is 16.7. The molecule has 1 amide bonds. The molecule has 0 fully saturated rings. The molecule has 0 aliphatic heterocycles. The Morgan fingerprint density at radius 3 is 2.65 bits per heavy atom. The predicted octanol–water partition coefficient (Wildman–Crippen LogP) is 1.79. The molecule has 1 unspecified atom stereocenters. The zero-order valence-corrected chi connectivity index (χ0v) is 12.5. The highest BCUT2D eigenvalue weighted by Gasteiger charge is 2.20. The van der Waals surface area contributed by atoms with E-state index in [1.165, 1.54) is 0 Å². The van der Waals surface area contributed by atoms with Crippen LogP contribution in [0.4, 0.5) is 0 Å². The van der Waals surface area contributed by atoms with Gasteiger partial charge in [-0.3, -0.25) is 9.69 Å². The standard InChI is InChI=1S/C16H26N2O2/c1-3-4-10-17-16(20)14(2)18(11-12-19)13-15-8-6-5-7-9-15/h5-9,14,19H,3-4,10-13H2,1-2H3,(H,17,20). The normalized spacial score (nSPS) is 12.4. The van der Waals surface area contributed by atoms with E-state index < -0.39 is 0 Å². The Kier molecular flexibility index (Phi) is 7.92. The largest absolute Gasteiger partial charge is 0.395 e. The molecular weight excluding hydrogens is 252 g/mol. The Bertz CT molecular complexity index is 381. The van der Waals surface area contributed by atoms with E-state index >= 15 is 0 Å². The number of unbranched alkanes of at least 4 members (excludes halogenated alkanes) is 1. The van der Waals surface area contributed by atoms with E-state index in [-0.39, 0.29) is 18.6 Å². The maximum absolute atomic E-state index is 12.1. The summed E-state index contributed by atoms with van der Waals surface area (Å²) in [7, 11) is 0. The Hall–Kier alpha value is -1.39. The fourth-order valence-corrected chi connectivity index (χ4v) is 2.06. The summed E-state index contributed by atoms with van der Waals surface area (Å²) >= 11 is 0. The lowest BCUT2D eigenvalue weighted by atomic mass is 10.1. The van der Waals surface area contributed by atoms with E-state index in [2.05, 4.69) is 12.2 Å². The molecule has 0 spiro atoms. The van der Waals surface area contributed by atoms with Crippen LogP contribution in [0.15, 0.2) is 30.3 Å². The van der Waals surface area contributed by atoms with E-state index in [1.54, 1.807) is 0 Å². The lowest BCUT2D eigenvalue weighted by molar-refractivity contribution is -0.126. The summed E-state index contributed by atoms with van der Waals surface area (Å²) in [6.45, 7) is 5.93. The second kappa shape index (κ2) is 9.50. The Morgan fingerprint density at radius 2 is 2.05 bits per heavy atom. The van der Waals surface area contributed by atoms with Crippen molar-refractivity contribution >= 4 is 5.91 Å². The Balaban J connectivity index is 2.57. The van der Waals surface area contributed by atoms with Crippen molar-refractivity contribution < 1.29 is 9.90 Å². The average Bonchev–Trinajstić information content (AvgIpc) is 2.47. The number of amides is 1. The molecule has 0 saturated carbocycles. The summed E-state index contributed by atoms with van der Waals surface area (Å²) < 4.78 is 0. The van der Waals surface area contributed by atoms with Crippen LogP contribution in [0.25, 0.3) is 0 Å². The van der Waals surface area contributed by atoms with Gasteiger partial charge < -0.3 is 10.4 Å². The van der Waals surface area contributed by atoms with Crippen molar-refractivity contribution in [2.75, 3.05) is 19.7 Å². The molecule has 1 rings (SSSR count). The number of aliphatic hydroxyl groups excluding tert-OH is 1. The summed E-state index contributed by atoms with van der Waals surface area (Å²) in [5, 5.41) is 12.1. The number of nitrogens with zero attached hydrogens (tertiary/aromatic N) is 1. The zero-order valence-electron chi connectivity index (χ0n) is 12.5. The lowest BCUT2D eigenvalue weighted by Gasteiger charge is -2.27. The van der Waals surface area contributed by atoms with Crippen molar-refractivity contribution in [2.45, 2.75) is 39.3 Å². The highest BCUT2D eigenvalue weighted by Crippen LogP contribution is 2.08. The van der Waals surface area contributed by atoms with Gasteiger partial charge in [-0.25, -0.2) is 0 Å². The minimum atomic E-state index is -0.237. The maximum Gasteiger partial charge on any atom is 0.237 e. The van der Waals surface area contributed by atoms with E-state index in [9.17, 15) is 9.90 Å². The first-order valence-corrected chi connectivity index (χ1v) is 7.35. The third-order valence-electron chi connectivity index (χ3n) is 3.37. The number of benzene rings is 1. The first-order valence-electron chi connectivity index (χ1n) is 7.35. The molecular formula is C16H26N2O2. The molecule has 0 aliphatic rings. The average molecular weight is 278 g/mol. The molecule has 4 heteroatoms. The maximum atomic E-state index is 12.1. The molecule has 0 bridgehead atoms. The molecule has 0 saturated heterocycles. The molecule has 4 nitrogen and oxygen atoms in total. The topological polar surface area (TPSA) is 52.6 Å².